The molecule has 1 aliphatic rings. The van der Waals surface area contributed by atoms with Crippen LogP contribution < -0.4 is 0 Å². The summed E-state index contributed by atoms with van der Waals surface area (Å²) >= 11 is 0. The fraction of sp³-hybridized carbons (Fsp3) is 0.500. The van der Waals surface area contributed by atoms with Gasteiger partial charge in [0.05, 0.1) is 0 Å². The Hall–Kier alpha value is -0.820. The molecule has 0 aliphatic heterocycles. The normalized spacial score (nSPS) is 19.0. The van der Waals surface area contributed by atoms with Crippen LogP contribution in [0.15, 0.2) is 30.3 Å². The summed E-state index contributed by atoms with van der Waals surface area (Å²) in [7, 11) is 4.38. The predicted octanol–water partition coefficient (Wildman–Crippen LogP) is 2.32. The molecule has 0 aromatic heterocycles. The molecule has 13 heavy (non-hydrogen) atoms. The van der Waals surface area contributed by atoms with E-state index >= 15 is 0 Å². The van der Waals surface area contributed by atoms with E-state index < -0.39 is 0 Å². The molecule has 1 saturated carbocycles. The van der Waals surface area contributed by atoms with Gasteiger partial charge in [-0.15, -0.1) is 0 Å². The van der Waals surface area contributed by atoms with Crippen LogP contribution in [0.1, 0.15) is 18.4 Å². The molecule has 1 aromatic carbocycles. The molecule has 1 aromatic rings. The van der Waals surface area contributed by atoms with Gasteiger partial charge in [-0.3, -0.25) is 0 Å². The fourth-order valence-corrected chi connectivity index (χ4v) is 1.90. The first-order valence-corrected chi connectivity index (χ1v) is 4.94. The van der Waals surface area contributed by atoms with Gasteiger partial charge in [0, 0.05) is 5.54 Å². The molecule has 1 fully saturated rings. The molecule has 0 spiro atoms. The van der Waals surface area contributed by atoms with Crippen molar-refractivity contribution in [2.75, 3.05) is 14.1 Å². The van der Waals surface area contributed by atoms with Crippen molar-refractivity contribution >= 4 is 0 Å². The number of rotatable bonds is 3. The minimum atomic E-state index is 0.487. The highest BCUT2D eigenvalue weighted by Gasteiger charge is 2.44. The quantitative estimate of drug-likeness (QED) is 0.681. The second-order valence-electron chi connectivity index (χ2n) is 4.28. The summed E-state index contributed by atoms with van der Waals surface area (Å²) in [5.74, 6) is 0. The van der Waals surface area contributed by atoms with Gasteiger partial charge in [-0.1, -0.05) is 30.3 Å². The molecule has 0 amide bonds. The molecule has 0 radical (unpaired) electrons. The molecule has 1 heteroatoms. The SMILES string of the molecule is CN(C)C1(Cc2ccccc2)CC1. The summed E-state index contributed by atoms with van der Waals surface area (Å²) < 4.78 is 0. The van der Waals surface area contributed by atoms with Crippen LogP contribution in [0.4, 0.5) is 0 Å². The fourth-order valence-electron chi connectivity index (χ4n) is 1.90. The first-order chi connectivity index (χ1) is 6.23. The molecule has 1 nitrogen and oxygen atoms in total. The van der Waals surface area contributed by atoms with Gasteiger partial charge in [-0.2, -0.15) is 0 Å². The highest BCUT2D eigenvalue weighted by molar-refractivity contribution is 5.21. The number of nitrogens with zero attached hydrogens (tertiary/aromatic N) is 1. The van der Waals surface area contributed by atoms with E-state index in [1.165, 1.54) is 24.8 Å². The molecule has 0 unspecified atom stereocenters. The second kappa shape index (κ2) is 3.15. The van der Waals surface area contributed by atoms with Gasteiger partial charge in [0.2, 0.25) is 0 Å². The highest BCUT2D eigenvalue weighted by atomic mass is 15.2. The Bertz CT molecular complexity index is 272. The van der Waals surface area contributed by atoms with Gasteiger partial charge in [0.1, 0.15) is 0 Å². The minimum Gasteiger partial charge on any atom is -0.303 e. The van der Waals surface area contributed by atoms with E-state index in [4.69, 9.17) is 0 Å². The zero-order valence-electron chi connectivity index (χ0n) is 8.46. The third-order valence-electron chi connectivity index (χ3n) is 3.15. The largest absolute Gasteiger partial charge is 0.303 e. The van der Waals surface area contributed by atoms with E-state index in [2.05, 4.69) is 49.3 Å². The van der Waals surface area contributed by atoms with Crippen LogP contribution >= 0.6 is 0 Å². The summed E-state index contributed by atoms with van der Waals surface area (Å²) in [6, 6.07) is 10.8. The average molecular weight is 175 g/mol. The van der Waals surface area contributed by atoms with Crippen LogP contribution in [-0.2, 0) is 6.42 Å². The maximum atomic E-state index is 2.38. The Labute approximate surface area is 80.4 Å². The maximum absolute atomic E-state index is 2.38. The third-order valence-corrected chi connectivity index (χ3v) is 3.15. The lowest BCUT2D eigenvalue weighted by atomic mass is 10.0. The molecular formula is C12H17N. The van der Waals surface area contributed by atoms with Gasteiger partial charge in [-0.25, -0.2) is 0 Å². The molecule has 1 aliphatic carbocycles. The lowest BCUT2D eigenvalue weighted by Crippen LogP contribution is -2.32. The van der Waals surface area contributed by atoms with Gasteiger partial charge in [0.25, 0.3) is 0 Å². The van der Waals surface area contributed by atoms with Gasteiger partial charge < -0.3 is 4.90 Å². The zero-order chi connectivity index (χ0) is 9.31. The Kier molecular flexibility index (Phi) is 2.12. The van der Waals surface area contributed by atoms with Gasteiger partial charge in [0.15, 0.2) is 0 Å². The third kappa shape index (κ3) is 1.75. The van der Waals surface area contributed by atoms with E-state index in [1.54, 1.807) is 0 Å². The first-order valence-electron chi connectivity index (χ1n) is 4.94. The first kappa shape index (κ1) is 8.76. The summed E-state index contributed by atoms with van der Waals surface area (Å²) in [4.78, 5) is 2.38. The molecule has 0 atom stereocenters. The summed E-state index contributed by atoms with van der Waals surface area (Å²) in [5.41, 5.74) is 1.95. The summed E-state index contributed by atoms with van der Waals surface area (Å²) in [5, 5.41) is 0. The van der Waals surface area contributed by atoms with Crippen molar-refractivity contribution in [2.24, 2.45) is 0 Å². The van der Waals surface area contributed by atoms with Crippen LogP contribution in [0, 0.1) is 0 Å². The van der Waals surface area contributed by atoms with Crippen molar-refractivity contribution in [3.63, 3.8) is 0 Å². The Morgan fingerprint density at radius 2 is 1.77 bits per heavy atom. The molecule has 2 rings (SSSR count). The molecule has 0 bridgehead atoms. The van der Waals surface area contributed by atoms with Crippen molar-refractivity contribution in [1.29, 1.82) is 0 Å². The van der Waals surface area contributed by atoms with Crippen molar-refractivity contribution in [3.8, 4) is 0 Å². The molecular weight excluding hydrogens is 158 g/mol. The van der Waals surface area contributed by atoms with Crippen LogP contribution in [0.25, 0.3) is 0 Å². The lowest BCUT2D eigenvalue weighted by Gasteiger charge is -2.23. The van der Waals surface area contributed by atoms with Crippen LogP contribution in [0.5, 0.6) is 0 Å². The van der Waals surface area contributed by atoms with E-state index in [9.17, 15) is 0 Å². The van der Waals surface area contributed by atoms with Crippen molar-refractivity contribution in [1.82, 2.24) is 4.90 Å². The lowest BCUT2D eigenvalue weighted by molar-refractivity contribution is 0.270. The van der Waals surface area contributed by atoms with Gasteiger partial charge >= 0.3 is 0 Å². The van der Waals surface area contributed by atoms with Crippen molar-refractivity contribution in [3.05, 3.63) is 35.9 Å². The Morgan fingerprint density at radius 1 is 1.15 bits per heavy atom. The Balaban J connectivity index is 2.07. The topological polar surface area (TPSA) is 3.24 Å². The Morgan fingerprint density at radius 3 is 2.23 bits per heavy atom. The van der Waals surface area contributed by atoms with Crippen LogP contribution in [0.2, 0.25) is 0 Å². The molecule has 0 N–H and O–H groups in total. The molecule has 70 valence electrons. The van der Waals surface area contributed by atoms with E-state index in [-0.39, 0.29) is 0 Å². The monoisotopic (exact) mass is 175 g/mol. The van der Waals surface area contributed by atoms with Crippen LogP contribution in [0.3, 0.4) is 0 Å². The van der Waals surface area contributed by atoms with Crippen molar-refractivity contribution in [2.45, 2.75) is 24.8 Å². The number of hydrogen-bond donors (Lipinski definition) is 0. The maximum Gasteiger partial charge on any atom is 0.0245 e. The highest BCUT2D eigenvalue weighted by Crippen LogP contribution is 2.42. The molecule has 0 saturated heterocycles. The van der Waals surface area contributed by atoms with Gasteiger partial charge in [-0.05, 0) is 38.9 Å². The number of likely N-dealkylation sites (N-methyl/N-ethyl adjacent to an activating group) is 1. The van der Waals surface area contributed by atoms with E-state index in [0.29, 0.717) is 5.54 Å². The smallest absolute Gasteiger partial charge is 0.0245 e. The van der Waals surface area contributed by atoms with Crippen LogP contribution in [-0.4, -0.2) is 24.5 Å². The minimum absolute atomic E-state index is 0.487. The second-order valence-corrected chi connectivity index (χ2v) is 4.28. The van der Waals surface area contributed by atoms with E-state index in [0.717, 1.165) is 0 Å². The zero-order valence-corrected chi connectivity index (χ0v) is 8.46. The summed E-state index contributed by atoms with van der Waals surface area (Å²) in [6.07, 6.45) is 3.92. The summed E-state index contributed by atoms with van der Waals surface area (Å²) in [6.45, 7) is 0. The number of benzene rings is 1. The van der Waals surface area contributed by atoms with E-state index in [1.807, 2.05) is 0 Å². The molecule has 0 heterocycles. The van der Waals surface area contributed by atoms with Crippen molar-refractivity contribution < 1.29 is 0 Å². The number of hydrogen-bond acceptors (Lipinski definition) is 1. The predicted molar refractivity (Wildman–Crippen MR) is 55.8 cm³/mol. The standard InChI is InChI=1S/C12H17N/c1-13(2)12(8-9-12)10-11-6-4-3-5-7-11/h3-7H,8-10H2,1-2H3. The average Bonchev–Trinajstić information content (AvgIpc) is 2.87.